The van der Waals surface area contributed by atoms with Crippen LogP contribution in [0, 0.1) is 10.1 Å². The first-order valence-corrected chi connectivity index (χ1v) is 12.2. The number of nitrogens with one attached hydrogen (secondary N) is 2. The number of nitro benzene ring substituents is 1. The van der Waals surface area contributed by atoms with Crippen LogP contribution in [0.3, 0.4) is 0 Å². The summed E-state index contributed by atoms with van der Waals surface area (Å²) >= 11 is 0. The number of benzene rings is 2. The van der Waals surface area contributed by atoms with Gasteiger partial charge in [0.15, 0.2) is 6.61 Å². The van der Waals surface area contributed by atoms with Gasteiger partial charge in [0, 0.05) is 23.9 Å². The van der Waals surface area contributed by atoms with Crippen molar-refractivity contribution in [2.45, 2.75) is 49.5 Å². The Bertz CT molecular complexity index is 1160. The summed E-state index contributed by atoms with van der Waals surface area (Å²) in [4.78, 5) is 34.3. The normalized spacial score (nSPS) is 14.6. The minimum Gasteiger partial charge on any atom is -0.507 e. The maximum Gasteiger partial charge on any atom is 0.342 e. The molecule has 3 rings (SSSR count). The Kier molecular flexibility index (Phi) is 8.05. The number of nitrogens with zero attached hydrogens (tertiary/aromatic N) is 1. The fraction of sp³-hybridized carbons (Fsp3) is 0.364. The van der Waals surface area contributed by atoms with E-state index in [0.29, 0.717) is 0 Å². The number of hydrogen-bond acceptors (Lipinski definition) is 8. The van der Waals surface area contributed by atoms with Crippen molar-refractivity contribution >= 4 is 33.3 Å². The molecule has 1 fully saturated rings. The molecule has 1 aliphatic carbocycles. The number of rotatable bonds is 8. The van der Waals surface area contributed by atoms with Crippen molar-refractivity contribution in [3.05, 3.63) is 58.1 Å². The van der Waals surface area contributed by atoms with Crippen LogP contribution >= 0.6 is 0 Å². The van der Waals surface area contributed by atoms with Gasteiger partial charge in [0.1, 0.15) is 11.3 Å². The van der Waals surface area contributed by atoms with Crippen molar-refractivity contribution in [2.75, 3.05) is 11.3 Å². The molecular weight excluding hydrogens is 466 g/mol. The van der Waals surface area contributed by atoms with Gasteiger partial charge in [-0.3, -0.25) is 19.6 Å². The molecule has 11 nitrogen and oxygen atoms in total. The largest absolute Gasteiger partial charge is 0.507 e. The van der Waals surface area contributed by atoms with Gasteiger partial charge in [-0.25, -0.2) is 13.2 Å². The number of aromatic hydroxyl groups is 1. The van der Waals surface area contributed by atoms with E-state index >= 15 is 0 Å². The molecule has 1 saturated carbocycles. The van der Waals surface area contributed by atoms with E-state index in [0.717, 1.165) is 68.9 Å². The van der Waals surface area contributed by atoms with Gasteiger partial charge in [0.25, 0.3) is 21.6 Å². The van der Waals surface area contributed by atoms with Crippen molar-refractivity contribution in [2.24, 2.45) is 0 Å². The minimum atomic E-state index is -4.19. The summed E-state index contributed by atoms with van der Waals surface area (Å²) in [6, 6.07) is 7.77. The number of esters is 1. The fourth-order valence-corrected chi connectivity index (χ4v) is 4.70. The van der Waals surface area contributed by atoms with Crippen LogP contribution < -0.4 is 10.0 Å². The predicted molar refractivity (Wildman–Crippen MR) is 122 cm³/mol. The second-order valence-corrected chi connectivity index (χ2v) is 9.60. The van der Waals surface area contributed by atoms with Crippen LogP contribution in [0.15, 0.2) is 47.4 Å². The van der Waals surface area contributed by atoms with Crippen molar-refractivity contribution in [1.29, 1.82) is 0 Å². The van der Waals surface area contributed by atoms with E-state index in [1.54, 1.807) is 0 Å². The summed E-state index contributed by atoms with van der Waals surface area (Å²) in [6.45, 7) is -0.563. The number of phenols is 1. The molecule has 34 heavy (non-hydrogen) atoms. The average Bonchev–Trinajstić information content (AvgIpc) is 3.06. The Morgan fingerprint density at radius 3 is 2.32 bits per heavy atom. The molecule has 1 aliphatic rings. The molecule has 2 aromatic carbocycles. The molecule has 0 radical (unpaired) electrons. The van der Waals surface area contributed by atoms with Crippen LogP contribution in [0.5, 0.6) is 5.75 Å². The third-order valence-electron chi connectivity index (χ3n) is 5.38. The molecule has 0 saturated heterocycles. The lowest BCUT2D eigenvalue weighted by Gasteiger charge is -2.16. The summed E-state index contributed by atoms with van der Waals surface area (Å²) in [6.07, 6.45) is 6.02. The summed E-state index contributed by atoms with van der Waals surface area (Å²) in [5, 5.41) is 23.6. The van der Waals surface area contributed by atoms with Crippen LogP contribution in [-0.2, 0) is 19.6 Å². The van der Waals surface area contributed by atoms with Gasteiger partial charge in [-0.15, -0.1) is 0 Å². The van der Waals surface area contributed by atoms with Crippen LogP contribution in [0.2, 0.25) is 0 Å². The Morgan fingerprint density at radius 2 is 1.71 bits per heavy atom. The highest BCUT2D eigenvalue weighted by Gasteiger charge is 2.22. The first-order chi connectivity index (χ1) is 16.2. The molecule has 0 bridgehead atoms. The number of nitro groups is 1. The summed E-state index contributed by atoms with van der Waals surface area (Å²) in [5.74, 6) is -2.03. The van der Waals surface area contributed by atoms with Gasteiger partial charge < -0.3 is 15.2 Å². The van der Waals surface area contributed by atoms with Crippen molar-refractivity contribution in [1.82, 2.24) is 5.32 Å². The lowest BCUT2D eigenvalue weighted by atomic mass is 10.1. The Hall–Kier alpha value is -3.67. The molecule has 2 aromatic rings. The molecule has 182 valence electrons. The quantitative estimate of drug-likeness (QED) is 0.219. The molecule has 1 amide bonds. The van der Waals surface area contributed by atoms with Crippen molar-refractivity contribution < 1.29 is 32.8 Å². The number of non-ortho nitro benzene ring substituents is 1. The summed E-state index contributed by atoms with van der Waals surface area (Å²) in [5.41, 5.74) is -0.562. The minimum absolute atomic E-state index is 0.0288. The molecule has 0 spiro atoms. The van der Waals surface area contributed by atoms with Crippen LogP contribution in [0.4, 0.5) is 11.4 Å². The second kappa shape index (κ2) is 11.0. The smallest absolute Gasteiger partial charge is 0.342 e. The van der Waals surface area contributed by atoms with E-state index in [4.69, 9.17) is 4.74 Å². The van der Waals surface area contributed by atoms with E-state index in [-0.39, 0.29) is 22.3 Å². The molecule has 0 aliphatic heterocycles. The van der Waals surface area contributed by atoms with Crippen LogP contribution in [0.25, 0.3) is 0 Å². The predicted octanol–water partition coefficient (Wildman–Crippen LogP) is 3.10. The fourth-order valence-electron chi connectivity index (χ4n) is 3.61. The Labute approximate surface area is 196 Å². The molecule has 0 unspecified atom stereocenters. The van der Waals surface area contributed by atoms with Gasteiger partial charge in [-0.1, -0.05) is 25.7 Å². The van der Waals surface area contributed by atoms with Crippen molar-refractivity contribution in [3.8, 4) is 5.75 Å². The topological polar surface area (TPSA) is 165 Å². The first kappa shape index (κ1) is 25.0. The highest BCUT2D eigenvalue weighted by Crippen LogP contribution is 2.25. The lowest BCUT2D eigenvalue weighted by Crippen LogP contribution is -2.37. The Balaban J connectivity index is 1.65. The number of ether oxygens (including phenoxy) is 1. The average molecular weight is 492 g/mol. The van der Waals surface area contributed by atoms with E-state index in [9.17, 15) is 33.2 Å². The number of carbonyl (C=O) groups is 2. The monoisotopic (exact) mass is 491 g/mol. The van der Waals surface area contributed by atoms with Gasteiger partial charge in [-0.2, -0.15) is 0 Å². The zero-order valence-electron chi connectivity index (χ0n) is 18.2. The molecule has 0 aromatic heterocycles. The number of hydrogen-bond donors (Lipinski definition) is 3. The maximum absolute atomic E-state index is 12.7. The van der Waals surface area contributed by atoms with Gasteiger partial charge in [-0.05, 0) is 43.2 Å². The second-order valence-electron chi connectivity index (χ2n) is 7.92. The highest BCUT2D eigenvalue weighted by atomic mass is 32.2. The standard InChI is InChI=1S/C22H25N3O8S/c26-20-12-11-18(34(31,32)24-16-7-9-17(10-8-16)25(29)30)13-19(20)22(28)33-14-21(27)23-15-5-3-1-2-4-6-15/h7-13,15,24,26H,1-6,14H2,(H,23,27). The van der Waals surface area contributed by atoms with Gasteiger partial charge in [0.05, 0.1) is 9.82 Å². The Morgan fingerprint density at radius 1 is 1.06 bits per heavy atom. The van der Waals surface area contributed by atoms with E-state index in [1.165, 1.54) is 12.1 Å². The zero-order valence-corrected chi connectivity index (χ0v) is 19.0. The number of amides is 1. The molecule has 12 heteroatoms. The number of phenolic OH excluding ortho intramolecular Hbond substituents is 1. The van der Waals surface area contributed by atoms with Gasteiger partial charge in [0.2, 0.25) is 0 Å². The zero-order chi connectivity index (χ0) is 24.7. The SMILES string of the molecule is O=C(COC(=O)c1cc(S(=O)(=O)Nc2ccc([N+](=O)[O-])cc2)ccc1O)NC1CCCCCC1. The van der Waals surface area contributed by atoms with Crippen LogP contribution in [-0.4, -0.2) is 43.0 Å². The first-order valence-electron chi connectivity index (χ1n) is 10.7. The van der Waals surface area contributed by atoms with E-state index in [2.05, 4.69) is 10.0 Å². The van der Waals surface area contributed by atoms with Gasteiger partial charge >= 0.3 is 5.97 Å². The number of anilines is 1. The molecule has 3 N–H and O–H groups in total. The van der Waals surface area contributed by atoms with Crippen molar-refractivity contribution in [3.63, 3.8) is 0 Å². The highest BCUT2D eigenvalue weighted by molar-refractivity contribution is 7.92. The summed E-state index contributed by atoms with van der Waals surface area (Å²) in [7, 11) is -4.19. The molecular formula is C22H25N3O8S. The van der Waals surface area contributed by atoms with Crippen LogP contribution in [0.1, 0.15) is 48.9 Å². The molecule has 0 heterocycles. The number of sulfonamides is 1. The maximum atomic E-state index is 12.7. The third kappa shape index (κ3) is 6.67. The lowest BCUT2D eigenvalue weighted by molar-refractivity contribution is -0.384. The van der Waals surface area contributed by atoms with E-state index < -0.39 is 44.7 Å². The number of carbonyl (C=O) groups excluding carboxylic acids is 2. The van der Waals surface area contributed by atoms with E-state index in [1.807, 2.05) is 0 Å². The third-order valence-corrected chi connectivity index (χ3v) is 6.76. The summed E-state index contributed by atoms with van der Waals surface area (Å²) < 4.78 is 32.6. The molecule has 0 atom stereocenters.